The number of aromatic amines is 1. The van der Waals surface area contributed by atoms with Gasteiger partial charge in [-0.25, -0.2) is 8.78 Å². The van der Waals surface area contributed by atoms with E-state index in [1.54, 1.807) is 0 Å². The van der Waals surface area contributed by atoms with E-state index >= 15 is 0 Å². The minimum Gasteiger partial charge on any atom is -0.377 e. The second-order valence-electron chi connectivity index (χ2n) is 10.5. The third kappa shape index (κ3) is 4.59. The molecule has 2 N–H and O–H groups in total. The van der Waals surface area contributed by atoms with Crippen LogP contribution in [0.5, 0.6) is 0 Å². The molecule has 0 saturated carbocycles. The van der Waals surface area contributed by atoms with E-state index in [0.717, 1.165) is 65.4 Å². The number of benzene rings is 3. The maximum absolute atomic E-state index is 13.7. The van der Waals surface area contributed by atoms with Crippen LogP contribution in [0.1, 0.15) is 17.2 Å². The fourth-order valence-electron chi connectivity index (χ4n) is 5.45. The van der Waals surface area contributed by atoms with Crippen molar-refractivity contribution in [1.82, 2.24) is 24.9 Å². The van der Waals surface area contributed by atoms with Crippen molar-refractivity contribution in [2.75, 3.05) is 56.7 Å². The van der Waals surface area contributed by atoms with Gasteiger partial charge in [-0.05, 0) is 67.1 Å². The lowest BCUT2D eigenvalue weighted by Gasteiger charge is -2.34. The van der Waals surface area contributed by atoms with Gasteiger partial charge in [0.25, 0.3) is 0 Å². The molecule has 0 radical (unpaired) electrons. The highest BCUT2D eigenvalue weighted by Crippen LogP contribution is 2.34. The van der Waals surface area contributed by atoms with Crippen molar-refractivity contribution in [3.63, 3.8) is 0 Å². The lowest BCUT2D eigenvalue weighted by molar-refractivity contribution is -0.0265. The summed E-state index contributed by atoms with van der Waals surface area (Å²) in [7, 11) is 2.16. The average Bonchev–Trinajstić information content (AvgIpc) is 3.44. The first kappa shape index (κ1) is 24.1. The molecule has 10 heteroatoms. The van der Waals surface area contributed by atoms with Gasteiger partial charge in [0, 0.05) is 48.7 Å². The van der Waals surface area contributed by atoms with Crippen molar-refractivity contribution in [2.24, 2.45) is 0 Å². The number of halogens is 2. The fourth-order valence-corrected chi connectivity index (χ4v) is 5.45. The van der Waals surface area contributed by atoms with E-state index in [-0.39, 0.29) is 6.04 Å². The first-order valence-electron chi connectivity index (χ1n) is 13.2. The Hall–Kier alpha value is -4.02. The van der Waals surface area contributed by atoms with E-state index in [2.05, 4.69) is 55.2 Å². The highest BCUT2D eigenvalue weighted by atomic mass is 19.1. The molecule has 0 amide bonds. The molecule has 8 nitrogen and oxygen atoms in total. The maximum atomic E-state index is 13.7. The van der Waals surface area contributed by atoms with Gasteiger partial charge >= 0.3 is 0 Å². The highest BCUT2D eigenvalue weighted by Gasteiger charge is 2.26. The van der Waals surface area contributed by atoms with Crippen LogP contribution < -0.4 is 10.2 Å². The highest BCUT2D eigenvalue weighted by molar-refractivity contribution is 5.98. The fraction of sp³-hybridized carbons (Fsp3) is 0.310. The average molecular weight is 530 g/mol. The Morgan fingerprint density at radius 3 is 2.44 bits per heavy atom. The number of piperazine rings is 1. The molecule has 4 heterocycles. The number of fused-ring (bicyclic) bond motifs is 2. The van der Waals surface area contributed by atoms with Crippen LogP contribution in [0.4, 0.5) is 26.1 Å². The molecular formula is C29H29F2N7O. The van der Waals surface area contributed by atoms with Gasteiger partial charge in [-0.2, -0.15) is 10.2 Å². The van der Waals surface area contributed by atoms with E-state index in [0.29, 0.717) is 31.0 Å². The van der Waals surface area contributed by atoms with Gasteiger partial charge in [-0.3, -0.25) is 9.78 Å². The smallest absolute Gasteiger partial charge is 0.161 e. The Morgan fingerprint density at radius 1 is 0.897 bits per heavy atom. The number of aromatic nitrogens is 4. The quantitative estimate of drug-likeness (QED) is 0.328. The maximum Gasteiger partial charge on any atom is 0.161 e. The van der Waals surface area contributed by atoms with Crippen molar-refractivity contribution >= 4 is 39.1 Å². The molecule has 2 aliphatic rings. The van der Waals surface area contributed by atoms with E-state index in [1.807, 2.05) is 18.2 Å². The minimum absolute atomic E-state index is 0.194. The molecule has 0 bridgehead atoms. The van der Waals surface area contributed by atoms with Crippen LogP contribution in [-0.2, 0) is 11.2 Å². The predicted molar refractivity (Wildman–Crippen MR) is 148 cm³/mol. The van der Waals surface area contributed by atoms with Gasteiger partial charge < -0.3 is 19.9 Å². The molecule has 0 aliphatic carbocycles. The number of hydrogen-bond acceptors (Lipinski definition) is 6. The van der Waals surface area contributed by atoms with Gasteiger partial charge in [0.05, 0.1) is 30.3 Å². The van der Waals surface area contributed by atoms with Gasteiger partial charge in [0.1, 0.15) is 11.6 Å². The number of rotatable bonds is 6. The molecule has 2 aromatic heterocycles. The van der Waals surface area contributed by atoms with Crippen LogP contribution in [0.15, 0.2) is 54.6 Å². The lowest BCUT2D eigenvalue weighted by atomic mass is 10.0. The van der Waals surface area contributed by atoms with Crippen molar-refractivity contribution in [2.45, 2.75) is 12.5 Å². The standard InChI is InChI=1S/C29H29F2N7O/c1-36-6-8-37(9-7-36)22-3-4-24-27(15-22)38(23-16-39-17-23)35-29(24)32-28-25-13-18(2-5-26(25)33-34-28)10-19-11-20(30)14-21(31)12-19/h2-5,11-15,23H,6-10,16-17H2,1H3,(H2,32,33,34,35). The topological polar surface area (TPSA) is 74.2 Å². The summed E-state index contributed by atoms with van der Waals surface area (Å²) >= 11 is 0. The molecule has 0 spiro atoms. The Labute approximate surface area is 224 Å². The summed E-state index contributed by atoms with van der Waals surface area (Å²) < 4.78 is 35.0. The number of ether oxygens (including phenoxy) is 1. The SMILES string of the molecule is CN1CCN(c2ccc3c(Nc4n[nH]c5ccc(Cc6cc(F)cc(F)c6)cc45)nn(C4COC4)c3c2)CC1. The second-order valence-corrected chi connectivity index (χ2v) is 10.5. The second kappa shape index (κ2) is 9.62. The molecule has 3 aromatic carbocycles. The van der Waals surface area contributed by atoms with Crippen molar-refractivity contribution in [3.8, 4) is 0 Å². The zero-order valence-corrected chi connectivity index (χ0v) is 21.6. The monoisotopic (exact) mass is 529 g/mol. The Kier molecular flexibility index (Phi) is 5.93. The molecule has 2 fully saturated rings. The summed E-state index contributed by atoms with van der Waals surface area (Å²) in [5.41, 5.74) is 4.63. The van der Waals surface area contributed by atoms with Crippen molar-refractivity contribution < 1.29 is 13.5 Å². The number of nitrogens with zero attached hydrogens (tertiary/aromatic N) is 5. The molecule has 0 atom stereocenters. The van der Waals surface area contributed by atoms with Crippen LogP contribution >= 0.6 is 0 Å². The molecule has 39 heavy (non-hydrogen) atoms. The van der Waals surface area contributed by atoms with E-state index < -0.39 is 11.6 Å². The summed E-state index contributed by atoms with van der Waals surface area (Å²) in [5.74, 6) is 0.225. The third-order valence-corrected chi connectivity index (χ3v) is 7.72. The largest absolute Gasteiger partial charge is 0.377 e. The molecular weight excluding hydrogens is 500 g/mol. The summed E-state index contributed by atoms with van der Waals surface area (Å²) in [6.45, 7) is 5.37. The molecule has 0 unspecified atom stereocenters. The molecule has 5 aromatic rings. The number of likely N-dealkylation sites (N-methyl/N-ethyl adjacent to an activating group) is 1. The Bertz CT molecular complexity index is 1650. The Morgan fingerprint density at radius 2 is 1.69 bits per heavy atom. The first-order chi connectivity index (χ1) is 19.0. The first-order valence-corrected chi connectivity index (χ1v) is 13.2. The summed E-state index contributed by atoms with van der Waals surface area (Å²) in [4.78, 5) is 4.78. The van der Waals surface area contributed by atoms with E-state index in [1.165, 1.54) is 17.8 Å². The summed E-state index contributed by atoms with van der Waals surface area (Å²) in [6.07, 6.45) is 0.406. The molecule has 200 valence electrons. The van der Waals surface area contributed by atoms with E-state index in [4.69, 9.17) is 9.84 Å². The number of nitrogens with one attached hydrogen (secondary N) is 2. The van der Waals surface area contributed by atoms with Gasteiger partial charge in [-0.1, -0.05) is 6.07 Å². The Balaban J connectivity index is 1.22. The van der Waals surface area contributed by atoms with Gasteiger partial charge in [-0.15, -0.1) is 0 Å². The number of hydrogen-bond donors (Lipinski definition) is 2. The number of anilines is 3. The van der Waals surface area contributed by atoms with Gasteiger partial charge in [0.2, 0.25) is 0 Å². The van der Waals surface area contributed by atoms with Gasteiger partial charge in [0.15, 0.2) is 11.6 Å². The predicted octanol–water partition coefficient (Wildman–Crippen LogP) is 4.85. The van der Waals surface area contributed by atoms with Crippen LogP contribution in [0, 0.1) is 11.6 Å². The molecule has 7 rings (SSSR count). The van der Waals surface area contributed by atoms with Crippen molar-refractivity contribution in [1.29, 1.82) is 0 Å². The molecule has 2 saturated heterocycles. The van der Waals surface area contributed by atoms with Crippen molar-refractivity contribution in [3.05, 3.63) is 77.4 Å². The zero-order chi connectivity index (χ0) is 26.5. The van der Waals surface area contributed by atoms with Crippen LogP contribution in [0.3, 0.4) is 0 Å². The van der Waals surface area contributed by atoms with Crippen LogP contribution in [0.25, 0.3) is 21.8 Å². The summed E-state index contributed by atoms with van der Waals surface area (Å²) in [6, 6.07) is 16.2. The zero-order valence-electron chi connectivity index (χ0n) is 21.6. The minimum atomic E-state index is -0.577. The molecule has 2 aliphatic heterocycles. The summed E-state index contributed by atoms with van der Waals surface area (Å²) in [5, 5.41) is 17.9. The number of H-pyrrole nitrogens is 1. The third-order valence-electron chi connectivity index (χ3n) is 7.72. The lowest BCUT2D eigenvalue weighted by Crippen LogP contribution is -2.44. The normalized spacial score (nSPS) is 16.7. The van der Waals surface area contributed by atoms with E-state index in [9.17, 15) is 8.78 Å². The van der Waals surface area contributed by atoms with Crippen LogP contribution in [0.2, 0.25) is 0 Å². The van der Waals surface area contributed by atoms with Crippen LogP contribution in [-0.4, -0.2) is 71.3 Å².